The number of carboxylic acid groups (broad SMARTS) is 1. The van der Waals surface area contributed by atoms with Crippen molar-refractivity contribution in [1.29, 1.82) is 0 Å². The Hall–Kier alpha value is -2.71. The van der Waals surface area contributed by atoms with Crippen molar-refractivity contribution < 1.29 is 32.6 Å². The monoisotopic (exact) mass is 356 g/mol. The van der Waals surface area contributed by atoms with Crippen LogP contribution in [-0.4, -0.2) is 46.3 Å². The number of nitrogens with one attached hydrogen (secondary N) is 1. The molecule has 0 saturated carbocycles. The number of aromatic amines is 1. The van der Waals surface area contributed by atoms with Crippen molar-refractivity contribution in [2.45, 2.75) is 19.2 Å². The fourth-order valence-electron chi connectivity index (χ4n) is 2.95. The number of hydrogen-bond donors (Lipinski definition) is 2. The van der Waals surface area contributed by atoms with Gasteiger partial charge in [0.15, 0.2) is 0 Å². The molecule has 1 atom stereocenters. The van der Waals surface area contributed by atoms with Crippen LogP contribution in [0.1, 0.15) is 23.3 Å². The number of carbonyl (C=O) groups excluding carboxylic acids is 1. The van der Waals surface area contributed by atoms with E-state index in [1.54, 1.807) is 0 Å². The molecule has 0 radical (unpaired) electrons. The molecular weight excluding hydrogens is 341 g/mol. The third-order valence-electron chi connectivity index (χ3n) is 4.12. The summed E-state index contributed by atoms with van der Waals surface area (Å²) in [6.45, 7) is 0.562. The van der Waals surface area contributed by atoms with E-state index in [2.05, 4.69) is 9.72 Å². The van der Waals surface area contributed by atoms with Crippen LogP contribution >= 0.6 is 0 Å². The van der Waals surface area contributed by atoms with E-state index in [1.165, 1.54) is 23.1 Å². The number of hydrogen-bond acceptors (Lipinski definition) is 3. The van der Waals surface area contributed by atoms with Crippen molar-refractivity contribution in [3.63, 3.8) is 0 Å². The molecular formula is C16H15F3N2O4. The van der Waals surface area contributed by atoms with E-state index in [-0.39, 0.29) is 23.9 Å². The number of aromatic nitrogens is 1. The van der Waals surface area contributed by atoms with E-state index < -0.39 is 18.2 Å². The molecule has 2 N–H and O–H groups in total. The Balaban J connectivity index is 1.81. The molecule has 1 aliphatic rings. The highest BCUT2D eigenvalue weighted by Crippen LogP contribution is 2.27. The highest BCUT2D eigenvalue weighted by molar-refractivity contribution is 5.98. The Morgan fingerprint density at radius 2 is 2.04 bits per heavy atom. The summed E-state index contributed by atoms with van der Waals surface area (Å²) in [5.74, 6) is -2.30. The first-order valence-corrected chi connectivity index (χ1v) is 7.63. The molecule has 1 aromatic carbocycles. The van der Waals surface area contributed by atoms with Crippen molar-refractivity contribution in [1.82, 2.24) is 9.88 Å². The second kappa shape index (κ2) is 6.30. The van der Waals surface area contributed by atoms with Crippen LogP contribution in [0.25, 0.3) is 10.9 Å². The van der Waals surface area contributed by atoms with Gasteiger partial charge >= 0.3 is 12.3 Å². The van der Waals surface area contributed by atoms with Gasteiger partial charge in [0, 0.05) is 30.1 Å². The fourth-order valence-corrected chi connectivity index (χ4v) is 2.95. The van der Waals surface area contributed by atoms with Gasteiger partial charge in [-0.1, -0.05) is 0 Å². The second-order valence-electron chi connectivity index (χ2n) is 5.91. The molecule has 0 spiro atoms. The van der Waals surface area contributed by atoms with Crippen LogP contribution in [0.15, 0.2) is 24.3 Å². The first-order chi connectivity index (χ1) is 11.7. The van der Waals surface area contributed by atoms with Crippen molar-refractivity contribution in [3.05, 3.63) is 30.0 Å². The minimum Gasteiger partial charge on any atom is -0.481 e. The zero-order chi connectivity index (χ0) is 18.2. The summed E-state index contributed by atoms with van der Waals surface area (Å²) in [6.07, 6.45) is -3.69. The van der Waals surface area contributed by atoms with Gasteiger partial charge in [-0.25, -0.2) is 0 Å². The number of fused-ring (bicyclic) bond motifs is 1. The highest BCUT2D eigenvalue weighted by atomic mass is 19.4. The van der Waals surface area contributed by atoms with E-state index >= 15 is 0 Å². The smallest absolute Gasteiger partial charge is 0.481 e. The maximum absolute atomic E-state index is 12.5. The lowest BCUT2D eigenvalue weighted by atomic mass is 9.98. The number of nitrogens with zero attached hydrogens (tertiary/aromatic N) is 1. The lowest BCUT2D eigenvalue weighted by Crippen LogP contribution is -2.42. The van der Waals surface area contributed by atoms with Gasteiger partial charge < -0.3 is 19.7 Å². The molecule has 1 aromatic heterocycles. The number of aliphatic carboxylic acids is 1. The van der Waals surface area contributed by atoms with Gasteiger partial charge in [0.05, 0.1) is 5.92 Å². The second-order valence-corrected chi connectivity index (χ2v) is 5.91. The van der Waals surface area contributed by atoms with E-state index in [0.29, 0.717) is 30.3 Å². The summed E-state index contributed by atoms with van der Waals surface area (Å²) in [6, 6.07) is 5.27. The van der Waals surface area contributed by atoms with Gasteiger partial charge in [-0.2, -0.15) is 0 Å². The lowest BCUT2D eigenvalue weighted by Gasteiger charge is -2.30. The lowest BCUT2D eigenvalue weighted by molar-refractivity contribution is -0.274. The number of halogens is 3. The van der Waals surface area contributed by atoms with Crippen molar-refractivity contribution in [2.24, 2.45) is 5.92 Å². The van der Waals surface area contributed by atoms with Crippen LogP contribution in [-0.2, 0) is 4.79 Å². The Labute approximate surface area is 140 Å². The average molecular weight is 356 g/mol. The molecule has 1 aliphatic heterocycles. The zero-order valence-electron chi connectivity index (χ0n) is 13.0. The summed E-state index contributed by atoms with van der Waals surface area (Å²) in [5, 5.41) is 9.65. The number of piperidine rings is 1. The van der Waals surface area contributed by atoms with Crippen LogP contribution in [0.4, 0.5) is 13.2 Å². The van der Waals surface area contributed by atoms with E-state index in [1.807, 2.05) is 0 Å². The summed E-state index contributed by atoms with van der Waals surface area (Å²) in [5.41, 5.74) is 0.530. The minimum absolute atomic E-state index is 0.117. The third-order valence-corrected chi connectivity index (χ3v) is 4.12. The van der Waals surface area contributed by atoms with E-state index in [9.17, 15) is 22.8 Å². The minimum atomic E-state index is -4.79. The molecule has 0 bridgehead atoms. The van der Waals surface area contributed by atoms with Gasteiger partial charge in [-0.05, 0) is 31.0 Å². The normalized spacial score (nSPS) is 18.4. The standard InChI is InChI=1S/C16H15F3N2O4/c17-16(18,19)25-11-4-3-9-6-13(20-12(9)7-11)14(22)21-5-1-2-10(8-21)15(23)24/h3-4,6-7,10,20H,1-2,5,8H2,(H,23,24). The molecule has 25 heavy (non-hydrogen) atoms. The van der Waals surface area contributed by atoms with Crippen LogP contribution in [0.2, 0.25) is 0 Å². The van der Waals surface area contributed by atoms with Gasteiger partial charge in [0.1, 0.15) is 11.4 Å². The van der Waals surface area contributed by atoms with E-state index in [0.717, 1.165) is 6.07 Å². The van der Waals surface area contributed by atoms with Crippen molar-refractivity contribution in [3.8, 4) is 5.75 Å². The Kier molecular flexibility index (Phi) is 4.32. The van der Waals surface area contributed by atoms with Crippen LogP contribution in [0.3, 0.4) is 0 Å². The van der Waals surface area contributed by atoms with Gasteiger partial charge in [0.25, 0.3) is 5.91 Å². The number of likely N-dealkylation sites (tertiary alicyclic amines) is 1. The number of benzene rings is 1. The molecule has 9 heteroatoms. The number of ether oxygens (including phenoxy) is 1. The molecule has 1 unspecified atom stereocenters. The van der Waals surface area contributed by atoms with E-state index in [4.69, 9.17) is 5.11 Å². The molecule has 134 valence electrons. The average Bonchev–Trinajstić information content (AvgIpc) is 2.96. The fraction of sp³-hybridized carbons (Fsp3) is 0.375. The number of carbonyl (C=O) groups is 2. The Morgan fingerprint density at radius 1 is 1.28 bits per heavy atom. The van der Waals surface area contributed by atoms with Crippen LogP contribution < -0.4 is 4.74 Å². The Morgan fingerprint density at radius 3 is 2.72 bits per heavy atom. The molecule has 1 saturated heterocycles. The first kappa shape index (κ1) is 17.1. The molecule has 2 heterocycles. The maximum Gasteiger partial charge on any atom is 0.573 e. The first-order valence-electron chi connectivity index (χ1n) is 7.63. The molecule has 1 amide bonds. The predicted octanol–water partition coefficient (Wildman–Crippen LogP) is 3.00. The SMILES string of the molecule is O=C(O)C1CCCN(C(=O)c2cc3ccc(OC(F)(F)F)cc3[nH]2)C1. The number of H-pyrrole nitrogens is 1. The number of carboxylic acids is 1. The quantitative estimate of drug-likeness (QED) is 0.886. The Bertz CT molecular complexity index is 815. The summed E-state index contributed by atoms with van der Waals surface area (Å²) >= 11 is 0. The number of alkyl halides is 3. The van der Waals surface area contributed by atoms with Gasteiger partial charge in [-0.15, -0.1) is 13.2 Å². The van der Waals surface area contributed by atoms with Gasteiger partial charge in [-0.3, -0.25) is 9.59 Å². The van der Waals surface area contributed by atoms with Gasteiger partial charge in [0.2, 0.25) is 0 Å². The highest BCUT2D eigenvalue weighted by Gasteiger charge is 2.31. The summed E-state index contributed by atoms with van der Waals surface area (Å²) < 4.78 is 40.7. The summed E-state index contributed by atoms with van der Waals surface area (Å²) in [7, 11) is 0. The predicted molar refractivity (Wildman–Crippen MR) is 81.2 cm³/mol. The molecule has 2 aromatic rings. The zero-order valence-corrected chi connectivity index (χ0v) is 13.0. The largest absolute Gasteiger partial charge is 0.573 e. The topological polar surface area (TPSA) is 82.6 Å². The molecule has 6 nitrogen and oxygen atoms in total. The van der Waals surface area contributed by atoms with Crippen molar-refractivity contribution >= 4 is 22.8 Å². The number of amides is 1. The summed E-state index contributed by atoms with van der Waals surface area (Å²) in [4.78, 5) is 27.9. The molecule has 1 fully saturated rings. The third kappa shape index (κ3) is 3.86. The molecule has 3 rings (SSSR count). The van der Waals surface area contributed by atoms with Crippen LogP contribution in [0.5, 0.6) is 5.75 Å². The molecule has 0 aliphatic carbocycles. The van der Waals surface area contributed by atoms with Crippen LogP contribution in [0, 0.1) is 5.92 Å². The van der Waals surface area contributed by atoms with Crippen molar-refractivity contribution in [2.75, 3.05) is 13.1 Å². The number of rotatable bonds is 3. The maximum atomic E-state index is 12.5.